The molecule has 0 saturated heterocycles. The molecule has 0 spiro atoms. The summed E-state index contributed by atoms with van der Waals surface area (Å²) >= 11 is 0. The van der Waals surface area contributed by atoms with Crippen LogP contribution in [0.5, 0.6) is 0 Å². The Balaban J connectivity index is 1.83. The first kappa shape index (κ1) is 13.8. The van der Waals surface area contributed by atoms with Crippen molar-refractivity contribution >= 4 is 17.6 Å². The van der Waals surface area contributed by atoms with E-state index >= 15 is 0 Å². The van der Waals surface area contributed by atoms with Crippen LogP contribution in [0.1, 0.15) is 11.9 Å². The van der Waals surface area contributed by atoms with Gasteiger partial charge in [0.2, 0.25) is 0 Å². The summed E-state index contributed by atoms with van der Waals surface area (Å²) in [6.45, 7) is 0.106. The van der Waals surface area contributed by atoms with E-state index in [9.17, 15) is 9.59 Å². The molecular weight excluding hydrogens is 266 g/mol. The first-order valence-electron chi connectivity index (χ1n) is 5.76. The van der Waals surface area contributed by atoms with Gasteiger partial charge in [0.25, 0.3) is 0 Å². The van der Waals surface area contributed by atoms with E-state index < -0.39 is 17.9 Å². The van der Waals surface area contributed by atoms with Crippen molar-refractivity contribution in [1.82, 2.24) is 10.5 Å². The average Bonchev–Trinajstić information content (AvgIpc) is 3.12. The second-order valence-corrected chi connectivity index (χ2v) is 3.79. The summed E-state index contributed by atoms with van der Waals surface area (Å²) in [5, 5.41) is 8.18. The first-order chi connectivity index (χ1) is 9.70. The highest BCUT2D eigenvalue weighted by atomic mass is 16.5. The molecule has 2 aromatic rings. The standard InChI is InChI=1S/C12H13N3O5/c1-18-9(8-3-2-5-19-8)7-13-11(16)12(17)14-10-4-6-20-15-10/h2-6,9H,7H2,1H3,(H,13,16)(H,14,15,17)/t9-/m1/s1. The number of ether oxygens (including phenoxy) is 1. The van der Waals surface area contributed by atoms with Crippen molar-refractivity contribution in [3.8, 4) is 0 Å². The lowest BCUT2D eigenvalue weighted by Crippen LogP contribution is -2.38. The number of furan rings is 1. The molecule has 0 aliphatic carbocycles. The molecule has 8 nitrogen and oxygen atoms in total. The van der Waals surface area contributed by atoms with Gasteiger partial charge in [-0.3, -0.25) is 14.9 Å². The summed E-state index contributed by atoms with van der Waals surface area (Å²) in [5.74, 6) is -0.918. The maximum Gasteiger partial charge on any atom is 0.314 e. The Labute approximate surface area is 114 Å². The van der Waals surface area contributed by atoms with E-state index in [0.717, 1.165) is 0 Å². The highest BCUT2D eigenvalue weighted by Crippen LogP contribution is 2.15. The fourth-order valence-electron chi connectivity index (χ4n) is 1.49. The summed E-state index contributed by atoms with van der Waals surface area (Å²) < 4.78 is 14.9. The van der Waals surface area contributed by atoms with Crippen molar-refractivity contribution in [3.63, 3.8) is 0 Å². The molecular formula is C12H13N3O5. The number of hydrogen-bond acceptors (Lipinski definition) is 6. The molecule has 0 bridgehead atoms. The van der Waals surface area contributed by atoms with Gasteiger partial charge in [-0.25, -0.2) is 0 Å². The lowest BCUT2D eigenvalue weighted by atomic mass is 10.2. The second kappa shape index (κ2) is 6.53. The van der Waals surface area contributed by atoms with Crippen molar-refractivity contribution < 1.29 is 23.3 Å². The molecule has 1 atom stereocenters. The van der Waals surface area contributed by atoms with Crippen molar-refractivity contribution in [1.29, 1.82) is 0 Å². The summed E-state index contributed by atoms with van der Waals surface area (Å²) in [6, 6.07) is 4.85. The number of hydrogen-bond donors (Lipinski definition) is 2. The molecule has 0 aromatic carbocycles. The Bertz CT molecular complexity index is 550. The normalized spacial score (nSPS) is 11.8. The molecule has 0 aliphatic heterocycles. The molecule has 20 heavy (non-hydrogen) atoms. The number of carbonyl (C=O) groups excluding carboxylic acids is 2. The third-order valence-corrected chi connectivity index (χ3v) is 2.48. The number of amides is 2. The molecule has 2 rings (SSSR count). The van der Waals surface area contributed by atoms with Crippen LogP contribution in [0.15, 0.2) is 39.7 Å². The maximum absolute atomic E-state index is 11.6. The highest BCUT2D eigenvalue weighted by molar-refractivity contribution is 6.39. The molecule has 2 heterocycles. The third-order valence-electron chi connectivity index (χ3n) is 2.48. The van der Waals surface area contributed by atoms with Crippen LogP contribution in [0.2, 0.25) is 0 Å². The van der Waals surface area contributed by atoms with Crippen molar-refractivity contribution in [3.05, 3.63) is 36.5 Å². The van der Waals surface area contributed by atoms with E-state index in [1.807, 2.05) is 0 Å². The van der Waals surface area contributed by atoms with Gasteiger partial charge in [0.05, 0.1) is 12.8 Å². The van der Waals surface area contributed by atoms with Crippen LogP contribution in [0.25, 0.3) is 0 Å². The predicted octanol–water partition coefficient (Wildman–Crippen LogP) is 0.710. The molecule has 0 aliphatic rings. The number of methoxy groups -OCH3 is 1. The van der Waals surface area contributed by atoms with Crippen LogP contribution in [0, 0.1) is 0 Å². The van der Waals surface area contributed by atoms with Gasteiger partial charge in [0, 0.05) is 13.2 Å². The Kier molecular flexibility index (Phi) is 4.51. The fourth-order valence-corrected chi connectivity index (χ4v) is 1.49. The fraction of sp³-hybridized carbons (Fsp3) is 0.250. The Morgan fingerprint density at radius 3 is 2.80 bits per heavy atom. The zero-order valence-electron chi connectivity index (χ0n) is 10.7. The number of carbonyl (C=O) groups is 2. The predicted molar refractivity (Wildman–Crippen MR) is 66.6 cm³/mol. The number of rotatable bonds is 5. The summed E-state index contributed by atoms with van der Waals surface area (Å²) in [6.07, 6.45) is 2.32. The number of nitrogens with one attached hydrogen (secondary N) is 2. The van der Waals surface area contributed by atoms with E-state index in [1.165, 1.54) is 25.7 Å². The zero-order chi connectivity index (χ0) is 14.4. The molecule has 0 unspecified atom stereocenters. The largest absolute Gasteiger partial charge is 0.467 e. The van der Waals surface area contributed by atoms with E-state index in [2.05, 4.69) is 20.3 Å². The molecule has 0 fully saturated rings. The highest BCUT2D eigenvalue weighted by Gasteiger charge is 2.19. The molecule has 106 valence electrons. The topological polar surface area (TPSA) is 107 Å². The van der Waals surface area contributed by atoms with Gasteiger partial charge in [0.15, 0.2) is 5.82 Å². The van der Waals surface area contributed by atoms with Crippen molar-refractivity contribution in [2.75, 3.05) is 19.0 Å². The Hall–Kier alpha value is -2.61. The van der Waals surface area contributed by atoms with E-state index in [0.29, 0.717) is 5.76 Å². The summed E-state index contributed by atoms with van der Waals surface area (Å²) in [5.41, 5.74) is 0. The van der Waals surface area contributed by atoms with E-state index in [-0.39, 0.29) is 12.4 Å². The number of aromatic nitrogens is 1. The van der Waals surface area contributed by atoms with Crippen LogP contribution in [0.4, 0.5) is 5.82 Å². The lowest BCUT2D eigenvalue weighted by molar-refractivity contribution is -0.136. The lowest BCUT2D eigenvalue weighted by Gasteiger charge is -2.13. The smallest absolute Gasteiger partial charge is 0.314 e. The number of nitrogens with zero attached hydrogens (tertiary/aromatic N) is 1. The Morgan fingerprint density at radius 2 is 2.20 bits per heavy atom. The molecule has 2 amide bonds. The Morgan fingerprint density at radius 1 is 1.35 bits per heavy atom. The minimum absolute atomic E-state index is 0.106. The average molecular weight is 279 g/mol. The van der Waals surface area contributed by atoms with Crippen LogP contribution in [-0.4, -0.2) is 30.6 Å². The third kappa shape index (κ3) is 3.45. The molecule has 2 aromatic heterocycles. The first-order valence-corrected chi connectivity index (χ1v) is 5.76. The number of anilines is 1. The van der Waals surface area contributed by atoms with Gasteiger partial charge < -0.3 is 19.0 Å². The minimum atomic E-state index is -0.840. The van der Waals surface area contributed by atoms with Gasteiger partial charge in [-0.05, 0) is 12.1 Å². The minimum Gasteiger partial charge on any atom is -0.467 e. The van der Waals surface area contributed by atoms with Gasteiger partial charge in [-0.15, -0.1) is 0 Å². The zero-order valence-corrected chi connectivity index (χ0v) is 10.7. The quantitative estimate of drug-likeness (QED) is 0.781. The molecule has 8 heteroatoms. The van der Waals surface area contributed by atoms with Gasteiger partial charge in [-0.2, -0.15) is 0 Å². The van der Waals surface area contributed by atoms with Gasteiger partial charge >= 0.3 is 11.8 Å². The van der Waals surface area contributed by atoms with Gasteiger partial charge in [0.1, 0.15) is 18.1 Å². The SMILES string of the molecule is CO[C@H](CNC(=O)C(=O)Nc1ccon1)c1ccco1. The van der Waals surface area contributed by atoms with Crippen LogP contribution in [0.3, 0.4) is 0 Å². The van der Waals surface area contributed by atoms with E-state index in [1.54, 1.807) is 12.1 Å². The maximum atomic E-state index is 11.6. The molecule has 0 radical (unpaired) electrons. The van der Waals surface area contributed by atoms with Crippen molar-refractivity contribution in [2.24, 2.45) is 0 Å². The summed E-state index contributed by atoms with van der Waals surface area (Å²) in [4.78, 5) is 23.1. The molecule has 0 saturated carbocycles. The molecule has 2 N–H and O–H groups in total. The monoisotopic (exact) mass is 279 g/mol. The summed E-state index contributed by atoms with van der Waals surface area (Å²) in [7, 11) is 1.48. The van der Waals surface area contributed by atoms with Gasteiger partial charge in [-0.1, -0.05) is 5.16 Å². The van der Waals surface area contributed by atoms with Crippen molar-refractivity contribution in [2.45, 2.75) is 6.10 Å². The van der Waals surface area contributed by atoms with Crippen LogP contribution in [-0.2, 0) is 14.3 Å². The van der Waals surface area contributed by atoms with E-state index in [4.69, 9.17) is 9.15 Å². The van der Waals surface area contributed by atoms with Crippen LogP contribution >= 0.6 is 0 Å². The second-order valence-electron chi connectivity index (χ2n) is 3.79. The van der Waals surface area contributed by atoms with Crippen LogP contribution < -0.4 is 10.6 Å².